The first-order valence-corrected chi connectivity index (χ1v) is 4.27. The minimum atomic E-state index is -0.494. The molecule has 0 aromatic carbocycles. The van der Waals surface area contributed by atoms with Gasteiger partial charge in [-0.25, -0.2) is 0 Å². The molecule has 3 nitrogen and oxygen atoms in total. The predicted octanol–water partition coefficient (Wildman–Crippen LogP) is 1.63. The Kier molecular flexibility index (Phi) is 4.24. The van der Waals surface area contributed by atoms with Crippen molar-refractivity contribution in [3.05, 3.63) is 0 Å². The minimum absolute atomic E-state index is 0.129. The van der Waals surface area contributed by atoms with E-state index in [2.05, 4.69) is 0 Å². The molecule has 0 N–H and O–H groups in total. The van der Waals surface area contributed by atoms with E-state index >= 15 is 0 Å². The minimum Gasteiger partial charge on any atom is -0.359 e. The summed E-state index contributed by atoms with van der Waals surface area (Å²) in [5.41, 5.74) is -0.494. The first-order chi connectivity index (χ1) is 5.45. The van der Waals surface area contributed by atoms with Gasteiger partial charge in [0, 0.05) is 20.6 Å². The Morgan fingerprint density at radius 3 is 2.33 bits per heavy atom. The van der Waals surface area contributed by atoms with Gasteiger partial charge in [-0.2, -0.15) is 0 Å². The van der Waals surface area contributed by atoms with Gasteiger partial charge >= 0.3 is 0 Å². The molecule has 0 rings (SSSR count). The van der Waals surface area contributed by atoms with Crippen LogP contribution in [0.3, 0.4) is 0 Å². The Balaban J connectivity index is 4.17. The van der Waals surface area contributed by atoms with E-state index in [1.165, 1.54) is 0 Å². The average molecular weight is 173 g/mol. The number of carbonyl (C=O) groups excluding carboxylic acids is 1. The molecule has 0 aliphatic carbocycles. The fourth-order valence-corrected chi connectivity index (χ4v) is 0.819. The molecule has 0 aromatic rings. The van der Waals surface area contributed by atoms with Crippen LogP contribution >= 0.6 is 0 Å². The molecule has 0 aliphatic rings. The number of nitrogens with zero attached hydrogens (tertiary/aromatic N) is 1. The van der Waals surface area contributed by atoms with Crippen LogP contribution in [0.5, 0.6) is 0 Å². The third-order valence-electron chi connectivity index (χ3n) is 2.15. The maximum Gasteiger partial charge on any atom is 0.224 e. The van der Waals surface area contributed by atoms with Crippen molar-refractivity contribution in [1.82, 2.24) is 4.90 Å². The van der Waals surface area contributed by atoms with Crippen LogP contribution in [0, 0.1) is 0 Å². The molecular weight excluding hydrogens is 154 g/mol. The number of ether oxygens (including phenoxy) is 1. The summed E-state index contributed by atoms with van der Waals surface area (Å²) in [6, 6.07) is 0. The first kappa shape index (κ1) is 11.4. The predicted molar refractivity (Wildman–Crippen MR) is 48.8 cm³/mol. The van der Waals surface area contributed by atoms with Crippen molar-refractivity contribution in [2.24, 2.45) is 0 Å². The highest BCUT2D eigenvalue weighted by molar-refractivity contribution is 5.76. The monoisotopic (exact) mass is 173 g/mol. The maximum atomic E-state index is 11.4. The van der Waals surface area contributed by atoms with Gasteiger partial charge in [0.1, 0.15) is 5.72 Å². The molecule has 0 aromatic heterocycles. The second-order valence-corrected chi connectivity index (χ2v) is 3.35. The van der Waals surface area contributed by atoms with Gasteiger partial charge in [-0.1, -0.05) is 6.92 Å². The molecule has 0 saturated heterocycles. The van der Waals surface area contributed by atoms with Crippen molar-refractivity contribution in [2.45, 2.75) is 39.3 Å². The lowest BCUT2D eigenvalue weighted by Gasteiger charge is -2.34. The van der Waals surface area contributed by atoms with Crippen molar-refractivity contribution >= 4 is 5.91 Å². The lowest BCUT2D eigenvalue weighted by Crippen LogP contribution is -2.46. The molecule has 1 amide bonds. The molecule has 0 spiro atoms. The standard InChI is InChI=1S/C9H19NO2/c1-6-7-8(11)10(4)9(2,3)12-5/h6-7H2,1-5H3. The summed E-state index contributed by atoms with van der Waals surface area (Å²) in [7, 11) is 3.37. The van der Waals surface area contributed by atoms with Crippen molar-refractivity contribution < 1.29 is 9.53 Å². The highest BCUT2D eigenvalue weighted by Gasteiger charge is 2.25. The van der Waals surface area contributed by atoms with Gasteiger partial charge in [0.2, 0.25) is 5.91 Å². The van der Waals surface area contributed by atoms with Crippen LogP contribution in [-0.2, 0) is 9.53 Å². The Bertz CT molecular complexity index is 155. The number of amides is 1. The average Bonchev–Trinajstić information content (AvgIpc) is 2.03. The normalized spacial score (nSPS) is 11.4. The fraction of sp³-hybridized carbons (Fsp3) is 0.889. The van der Waals surface area contributed by atoms with E-state index in [0.717, 1.165) is 6.42 Å². The van der Waals surface area contributed by atoms with Gasteiger partial charge in [-0.05, 0) is 20.3 Å². The molecule has 0 unspecified atom stereocenters. The summed E-state index contributed by atoms with van der Waals surface area (Å²) in [5.74, 6) is 0.129. The maximum absolute atomic E-state index is 11.4. The van der Waals surface area contributed by atoms with Crippen LogP contribution in [0.4, 0.5) is 0 Å². The van der Waals surface area contributed by atoms with E-state index in [1.807, 2.05) is 20.8 Å². The third-order valence-corrected chi connectivity index (χ3v) is 2.15. The second kappa shape index (κ2) is 4.45. The van der Waals surface area contributed by atoms with Crippen LogP contribution in [0.2, 0.25) is 0 Å². The SMILES string of the molecule is CCCC(=O)N(C)C(C)(C)OC. The highest BCUT2D eigenvalue weighted by atomic mass is 16.5. The third kappa shape index (κ3) is 2.81. The van der Waals surface area contributed by atoms with Gasteiger partial charge in [0.25, 0.3) is 0 Å². The molecular formula is C9H19NO2. The zero-order chi connectivity index (χ0) is 9.78. The summed E-state index contributed by atoms with van der Waals surface area (Å²) in [6.45, 7) is 5.74. The quantitative estimate of drug-likeness (QED) is 0.605. The molecule has 0 saturated carbocycles. The van der Waals surface area contributed by atoms with E-state index in [0.29, 0.717) is 6.42 Å². The van der Waals surface area contributed by atoms with E-state index in [4.69, 9.17) is 4.74 Å². The van der Waals surface area contributed by atoms with Crippen molar-refractivity contribution in [3.8, 4) is 0 Å². The van der Waals surface area contributed by atoms with E-state index in [-0.39, 0.29) is 5.91 Å². The summed E-state index contributed by atoms with van der Waals surface area (Å²) in [5, 5.41) is 0. The van der Waals surface area contributed by atoms with E-state index < -0.39 is 5.72 Å². The molecule has 0 aliphatic heterocycles. The van der Waals surface area contributed by atoms with E-state index in [9.17, 15) is 4.79 Å². The summed E-state index contributed by atoms with van der Waals surface area (Å²) < 4.78 is 5.17. The molecule has 0 bridgehead atoms. The lowest BCUT2D eigenvalue weighted by atomic mass is 10.2. The van der Waals surface area contributed by atoms with Gasteiger partial charge in [-0.15, -0.1) is 0 Å². The highest BCUT2D eigenvalue weighted by Crippen LogP contribution is 2.13. The smallest absolute Gasteiger partial charge is 0.224 e. The Morgan fingerprint density at radius 1 is 1.50 bits per heavy atom. The first-order valence-electron chi connectivity index (χ1n) is 4.27. The molecule has 0 atom stereocenters. The van der Waals surface area contributed by atoms with Crippen LogP contribution in [0.25, 0.3) is 0 Å². The van der Waals surface area contributed by atoms with Gasteiger partial charge in [-0.3, -0.25) is 4.79 Å². The van der Waals surface area contributed by atoms with Gasteiger partial charge in [0.05, 0.1) is 0 Å². The van der Waals surface area contributed by atoms with Crippen LogP contribution in [0.15, 0.2) is 0 Å². The largest absolute Gasteiger partial charge is 0.359 e. The molecule has 12 heavy (non-hydrogen) atoms. The van der Waals surface area contributed by atoms with Crippen LogP contribution in [0.1, 0.15) is 33.6 Å². The number of methoxy groups -OCH3 is 1. The summed E-state index contributed by atoms with van der Waals surface area (Å²) in [4.78, 5) is 13.0. The Morgan fingerprint density at radius 2 is 2.00 bits per heavy atom. The topological polar surface area (TPSA) is 29.5 Å². The zero-order valence-electron chi connectivity index (χ0n) is 8.68. The van der Waals surface area contributed by atoms with Crippen LogP contribution in [-0.4, -0.2) is 30.7 Å². The summed E-state index contributed by atoms with van der Waals surface area (Å²) in [6.07, 6.45) is 1.46. The molecule has 0 fully saturated rings. The number of rotatable bonds is 4. The van der Waals surface area contributed by atoms with Crippen molar-refractivity contribution in [2.75, 3.05) is 14.2 Å². The van der Waals surface area contributed by atoms with Gasteiger partial charge < -0.3 is 9.64 Å². The molecule has 72 valence electrons. The van der Waals surface area contributed by atoms with Crippen molar-refractivity contribution in [3.63, 3.8) is 0 Å². The molecule has 3 heteroatoms. The molecule has 0 heterocycles. The Labute approximate surface area is 74.7 Å². The number of hydrogen-bond donors (Lipinski definition) is 0. The van der Waals surface area contributed by atoms with Crippen molar-refractivity contribution in [1.29, 1.82) is 0 Å². The van der Waals surface area contributed by atoms with E-state index in [1.54, 1.807) is 19.1 Å². The lowest BCUT2D eigenvalue weighted by molar-refractivity contribution is -0.154. The fourth-order valence-electron chi connectivity index (χ4n) is 0.819. The number of hydrogen-bond acceptors (Lipinski definition) is 2. The van der Waals surface area contributed by atoms with Crippen LogP contribution < -0.4 is 0 Å². The number of carbonyl (C=O) groups is 1. The van der Waals surface area contributed by atoms with Gasteiger partial charge in [0.15, 0.2) is 0 Å². The second-order valence-electron chi connectivity index (χ2n) is 3.35. The Hall–Kier alpha value is -0.570. The zero-order valence-corrected chi connectivity index (χ0v) is 8.68. The molecule has 0 radical (unpaired) electrons. The summed E-state index contributed by atoms with van der Waals surface area (Å²) >= 11 is 0.